The first-order valence-corrected chi connectivity index (χ1v) is 8.20. The van der Waals surface area contributed by atoms with Gasteiger partial charge in [0.05, 0.1) is 23.9 Å². The van der Waals surface area contributed by atoms with Gasteiger partial charge in [0, 0.05) is 32.2 Å². The van der Waals surface area contributed by atoms with E-state index in [1.807, 2.05) is 17.9 Å². The van der Waals surface area contributed by atoms with E-state index in [0.717, 1.165) is 12.8 Å². The van der Waals surface area contributed by atoms with Crippen LogP contribution in [0, 0.1) is 17.1 Å². The summed E-state index contributed by atoms with van der Waals surface area (Å²) in [6, 6.07) is 6.08. The Morgan fingerprint density at radius 3 is 3.00 bits per heavy atom. The van der Waals surface area contributed by atoms with E-state index in [2.05, 4.69) is 5.32 Å². The molecule has 0 saturated carbocycles. The molecule has 2 rings (SSSR count). The van der Waals surface area contributed by atoms with E-state index in [1.165, 1.54) is 6.07 Å². The molecule has 0 bridgehead atoms. The summed E-state index contributed by atoms with van der Waals surface area (Å²) in [7, 11) is 0. The summed E-state index contributed by atoms with van der Waals surface area (Å²) in [5.41, 5.74) is 0.747. The molecular formula is C17H23FN4O2. The third-order valence-electron chi connectivity index (χ3n) is 4.21. The molecule has 1 atom stereocenters. The predicted octanol–water partition coefficient (Wildman–Crippen LogP) is 1.69. The number of benzene rings is 1. The summed E-state index contributed by atoms with van der Waals surface area (Å²) in [6.07, 6.45) is 1.67. The Balaban J connectivity index is 2.01. The molecule has 1 heterocycles. The Morgan fingerprint density at radius 2 is 2.38 bits per heavy atom. The number of carbonyl (C=O) groups excluding carboxylic acids is 1. The summed E-state index contributed by atoms with van der Waals surface area (Å²) in [5.74, 6) is -0.420. The van der Waals surface area contributed by atoms with E-state index in [0.29, 0.717) is 37.4 Å². The number of nitriles is 1. The summed E-state index contributed by atoms with van der Waals surface area (Å²) >= 11 is 0. The van der Waals surface area contributed by atoms with Crippen LogP contribution in [0.1, 0.15) is 25.3 Å². The van der Waals surface area contributed by atoms with E-state index < -0.39 is 5.82 Å². The number of aliphatic hydroxyl groups excluding tert-OH is 1. The summed E-state index contributed by atoms with van der Waals surface area (Å²) in [4.78, 5) is 15.6. The van der Waals surface area contributed by atoms with Crippen molar-refractivity contribution in [3.63, 3.8) is 0 Å². The zero-order chi connectivity index (χ0) is 17.5. The lowest BCUT2D eigenvalue weighted by molar-refractivity contribution is 0.176. The fourth-order valence-corrected chi connectivity index (χ4v) is 2.94. The monoisotopic (exact) mass is 334 g/mol. The number of nitrogens with one attached hydrogen (secondary N) is 1. The van der Waals surface area contributed by atoms with Crippen LogP contribution < -0.4 is 10.2 Å². The summed E-state index contributed by atoms with van der Waals surface area (Å²) < 4.78 is 14.2. The van der Waals surface area contributed by atoms with Crippen molar-refractivity contribution in [3.8, 4) is 6.07 Å². The van der Waals surface area contributed by atoms with Gasteiger partial charge in [0.15, 0.2) is 0 Å². The SMILES string of the molecule is CCN(CCO)C(=O)NC1CCCN(c2ccc(C#N)cc2F)C1. The predicted molar refractivity (Wildman–Crippen MR) is 89.2 cm³/mol. The topological polar surface area (TPSA) is 79.6 Å². The molecule has 1 aliphatic rings. The van der Waals surface area contributed by atoms with E-state index in [9.17, 15) is 9.18 Å². The Morgan fingerprint density at radius 1 is 1.58 bits per heavy atom. The highest BCUT2D eigenvalue weighted by Crippen LogP contribution is 2.24. The van der Waals surface area contributed by atoms with Crippen LogP contribution in [0.15, 0.2) is 18.2 Å². The second-order valence-electron chi connectivity index (χ2n) is 5.82. The molecule has 0 spiro atoms. The fourth-order valence-electron chi connectivity index (χ4n) is 2.94. The van der Waals surface area contributed by atoms with Gasteiger partial charge in [-0.2, -0.15) is 5.26 Å². The number of likely N-dealkylation sites (N-methyl/N-ethyl adjacent to an activating group) is 1. The van der Waals surface area contributed by atoms with E-state index in [1.54, 1.807) is 17.0 Å². The van der Waals surface area contributed by atoms with Gasteiger partial charge in [0.2, 0.25) is 0 Å². The second kappa shape index (κ2) is 8.50. The number of hydrogen-bond donors (Lipinski definition) is 2. The van der Waals surface area contributed by atoms with Crippen molar-refractivity contribution in [1.82, 2.24) is 10.2 Å². The zero-order valence-corrected chi connectivity index (χ0v) is 13.8. The average molecular weight is 334 g/mol. The van der Waals surface area contributed by atoms with Crippen LogP contribution in [-0.2, 0) is 0 Å². The zero-order valence-electron chi connectivity index (χ0n) is 13.8. The van der Waals surface area contributed by atoms with Crippen LogP contribution in [0.3, 0.4) is 0 Å². The molecule has 6 nitrogen and oxygen atoms in total. The number of hydrogen-bond acceptors (Lipinski definition) is 4. The molecule has 2 amide bonds. The molecule has 7 heteroatoms. The molecule has 24 heavy (non-hydrogen) atoms. The molecule has 1 saturated heterocycles. The Labute approximate surface area is 141 Å². The van der Waals surface area contributed by atoms with Gasteiger partial charge in [-0.3, -0.25) is 0 Å². The fraction of sp³-hybridized carbons (Fsp3) is 0.529. The average Bonchev–Trinajstić information content (AvgIpc) is 2.59. The van der Waals surface area contributed by atoms with Crippen molar-refractivity contribution in [2.24, 2.45) is 0 Å². The maximum atomic E-state index is 14.2. The Kier molecular flexibility index (Phi) is 6.38. The highest BCUT2D eigenvalue weighted by atomic mass is 19.1. The molecule has 2 N–H and O–H groups in total. The standard InChI is InChI=1S/C17H23FN4O2/c1-2-21(8-9-23)17(24)20-14-4-3-7-22(12-14)16-6-5-13(11-19)10-15(16)18/h5-6,10,14,23H,2-4,7-9,12H2,1H3,(H,20,24). The summed E-state index contributed by atoms with van der Waals surface area (Å²) in [5, 5.41) is 20.8. The molecule has 1 fully saturated rings. The van der Waals surface area contributed by atoms with Crippen LogP contribution in [0.25, 0.3) is 0 Å². The van der Waals surface area contributed by atoms with Crippen LogP contribution in [0.2, 0.25) is 0 Å². The normalized spacial score (nSPS) is 17.2. The first-order valence-electron chi connectivity index (χ1n) is 8.20. The molecule has 1 unspecified atom stereocenters. The van der Waals surface area contributed by atoms with E-state index in [4.69, 9.17) is 10.4 Å². The van der Waals surface area contributed by atoms with Crippen molar-refractivity contribution >= 4 is 11.7 Å². The minimum atomic E-state index is -0.420. The van der Waals surface area contributed by atoms with Crippen molar-refractivity contribution in [2.75, 3.05) is 37.7 Å². The highest BCUT2D eigenvalue weighted by molar-refractivity contribution is 5.74. The van der Waals surface area contributed by atoms with Gasteiger partial charge < -0.3 is 20.2 Å². The molecule has 1 aromatic carbocycles. The second-order valence-corrected chi connectivity index (χ2v) is 5.82. The largest absolute Gasteiger partial charge is 0.395 e. The number of nitrogens with zero attached hydrogens (tertiary/aromatic N) is 3. The first kappa shape index (κ1) is 18.0. The Bertz CT molecular complexity index is 617. The van der Waals surface area contributed by atoms with Crippen molar-refractivity contribution in [3.05, 3.63) is 29.6 Å². The smallest absolute Gasteiger partial charge is 0.317 e. The van der Waals surface area contributed by atoms with Gasteiger partial charge in [0.1, 0.15) is 5.82 Å². The Hall–Kier alpha value is -2.33. The lowest BCUT2D eigenvalue weighted by Gasteiger charge is -2.36. The van der Waals surface area contributed by atoms with Gasteiger partial charge in [-0.15, -0.1) is 0 Å². The molecule has 1 aliphatic heterocycles. The number of urea groups is 1. The number of carbonyl (C=O) groups is 1. The maximum Gasteiger partial charge on any atom is 0.317 e. The van der Waals surface area contributed by atoms with Crippen molar-refractivity contribution in [2.45, 2.75) is 25.8 Å². The number of anilines is 1. The van der Waals surface area contributed by atoms with Crippen LogP contribution in [-0.4, -0.2) is 54.9 Å². The number of aliphatic hydroxyl groups is 1. The van der Waals surface area contributed by atoms with Crippen molar-refractivity contribution in [1.29, 1.82) is 5.26 Å². The lowest BCUT2D eigenvalue weighted by atomic mass is 10.0. The number of rotatable bonds is 5. The van der Waals surface area contributed by atoms with E-state index >= 15 is 0 Å². The van der Waals surface area contributed by atoms with Gasteiger partial charge in [0.25, 0.3) is 0 Å². The van der Waals surface area contributed by atoms with Gasteiger partial charge in [-0.05, 0) is 38.0 Å². The van der Waals surface area contributed by atoms with Gasteiger partial charge in [-0.1, -0.05) is 0 Å². The van der Waals surface area contributed by atoms with Gasteiger partial charge >= 0.3 is 6.03 Å². The van der Waals surface area contributed by atoms with Crippen LogP contribution >= 0.6 is 0 Å². The minimum Gasteiger partial charge on any atom is -0.395 e. The molecule has 130 valence electrons. The first-order chi connectivity index (χ1) is 11.6. The molecule has 0 aromatic heterocycles. The lowest BCUT2D eigenvalue weighted by Crippen LogP contribution is -2.52. The highest BCUT2D eigenvalue weighted by Gasteiger charge is 2.24. The minimum absolute atomic E-state index is 0.0749. The van der Waals surface area contributed by atoms with Crippen LogP contribution in [0.5, 0.6) is 0 Å². The molecule has 1 aromatic rings. The van der Waals surface area contributed by atoms with Gasteiger partial charge in [-0.25, -0.2) is 9.18 Å². The van der Waals surface area contributed by atoms with Crippen molar-refractivity contribution < 1.29 is 14.3 Å². The summed E-state index contributed by atoms with van der Waals surface area (Å²) in [6.45, 7) is 3.83. The van der Waals surface area contributed by atoms with Crippen LogP contribution in [0.4, 0.5) is 14.9 Å². The molecule has 0 aliphatic carbocycles. The number of halogens is 1. The maximum absolute atomic E-state index is 14.2. The number of amides is 2. The quantitative estimate of drug-likeness (QED) is 0.859. The molecule has 0 radical (unpaired) electrons. The third kappa shape index (κ3) is 4.36. The third-order valence-corrected chi connectivity index (χ3v) is 4.21. The molecular weight excluding hydrogens is 311 g/mol. The van der Waals surface area contributed by atoms with E-state index in [-0.39, 0.29) is 18.7 Å². The number of piperidine rings is 1.